The van der Waals surface area contributed by atoms with Crippen LogP contribution >= 0.6 is 23.2 Å². The average Bonchev–Trinajstić information content (AvgIpc) is 2.87. The lowest BCUT2D eigenvalue weighted by Crippen LogP contribution is -2.53. The number of carbonyl (C=O) groups is 2. The molecule has 0 spiro atoms. The fourth-order valence-electron chi connectivity index (χ4n) is 3.59. The van der Waals surface area contributed by atoms with Crippen LogP contribution in [0, 0.1) is 0 Å². The van der Waals surface area contributed by atoms with Gasteiger partial charge in [-0.2, -0.15) is 0 Å². The topological polar surface area (TPSA) is 58.6 Å². The maximum Gasteiger partial charge on any atom is 0.261 e. The quantitative estimate of drug-likeness (QED) is 0.346. The van der Waals surface area contributed by atoms with Gasteiger partial charge < -0.3 is 15.0 Å². The number of para-hydroxylation sites is 1. The summed E-state index contributed by atoms with van der Waals surface area (Å²) in [4.78, 5) is 28.6. The highest BCUT2D eigenvalue weighted by Crippen LogP contribution is 2.27. The van der Waals surface area contributed by atoms with E-state index in [1.165, 1.54) is 4.90 Å². The van der Waals surface area contributed by atoms with Crippen molar-refractivity contribution < 1.29 is 14.3 Å². The van der Waals surface area contributed by atoms with Crippen LogP contribution in [0.25, 0.3) is 0 Å². The molecule has 0 aliphatic carbocycles. The van der Waals surface area contributed by atoms with Crippen LogP contribution in [0.5, 0.6) is 5.75 Å². The maximum absolute atomic E-state index is 13.6. The first kappa shape index (κ1) is 26.6. The van der Waals surface area contributed by atoms with E-state index in [1.54, 1.807) is 30.3 Å². The summed E-state index contributed by atoms with van der Waals surface area (Å²) < 4.78 is 5.74. The minimum absolute atomic E-state index is 0.0396. The smallest absolute Gasteiger partial charge is 0.261 e. The van der Waals surface area contributed by atoms with Crippen LogP contribution in [0.15, 0.2) is 78.9 Å². The lowest BCUT2D eigenvalue weighted by molar-refractivity contribution is -0.143. The third-order valence-corrected chi connectivity index (χ3v) is 6.48. The highest BCUT2D eigenvalue weighted by atomic mass is 35.5. The molecule has 0 heterocycles. The number of benzene rings is 3. The lowest BCUT2D eigenvalue weighted by atomic mass is 10.0. The van der Waals surface area contributed by atoms with Crippen molar-refractivity contribution >= 4 is 35.0 Å². The molecule has 2 amide bonds. The minimum Gasteiger partial charge on any atom is -0.484 e. The van der Waals surface area contributed by atoms with Gasteiger partial charge >= 0.3 is 0 Å². The number of halogens is 2. The van der Waals surface area contributed by atoms with Crippen molar-refractivity contribution in [2.45, 2.75) is 45.3 Å². The van der Waals surface area contributed by atoms with Crippen LogP contribution in [0.1, 0.15) is 31.4 Å². The number of ether oxygens (including phenoxy) is 1. The minimum atomic E-state index is -0.786. The van der Waals surface area contributed by atoms with E-state index in [1.807, 2.05) is 62.4 Å². The second-order valence-corrected chi connectivity index (χ2v) is 9.16. The molecular formula is C28H30Cl2N2O3. The molecule has 0 unspecified atom stereocenters. The van der Waals surface area contributed by atoms with Crippen molar-refractivity contribution in [2.75, 3.05) is 6.61 Å². The van der Waals surface area contributed by atoms with E-state index in [-0.39, 0.29) is 31.0 Å². The number of carbonyl (C=O) groups excluding carboxylic acids is 2. The van der Waals surface area contributed by atoms with Crippen molar-refractivity contribution in [3.05, 3.63) is 100 Å². The zero-order chi connectivity index (χ0) is 25.2. The Morgan fingerprint density at radius 2 is 1.51 bits per heavy atom. The Hall–Kier alpha value is -3.02. The monoisotopic (exact) mass is 512 g/mol. The Kier molecular flexibility index (Phi) is 10.0. The van der Waals surface area contributed by atoms with E-state index >= 15 is 0 Å². The standard InChI is InChI=1S/C28H30Cl2N2O3/c1-3-20(2)31-28(34)26(17-21-11-6-4-7-12-21)32(18-23-24(29)15-10-16-25(23)30)27(33)19-35-22-13-8-5-9-14-22/h4-16,20,26H,3,17-19H2,1-2H3,(H,31,34)/t20-,26+/m0/s1. The molecule has 3 aromatic carbocycles. The van der Waals surface area contributed by atoms with E-state index in [4.69, 9.17) is 27.9 Å². The second kappa shape index (κ2) is 13.2. The van der Waals surface area contributed by atoms with E-state index in [0.717, 1.165) is 12.0 Å². The molecule has 0 radical (unpaired) electrons. The Balaban J connectivity index is 1.96. The Morgan fingerprint density at radius 3 is 2.11 bits per heavy atom. The molecule has 5 nitrogen and oxygen atoms in total. The summed E-state index contributed by atoms with van der Waals surface area (Å²) in [5, 5.41) is 3.90. The number of hydrogen-bond donors (Lipinski definition) is 1. The summed E-state index contributed by atoms with van der Waals surface area (Å²) in [6, 6.07) is 23.1. The molecule has 3 aromatic rings. The zero-order valence-corrected chi connectivity index (χ0v) is 21.4. The summed E-state index contributed by atoms with van der Waals surface area (Å²) in [6.07, 6.45) is 1.10. The fraction of sp³-hybridized carbons (Fsp3) is 0.286. The third kappa shape index (κ3) is 7.74. The summed E-state index contributed by atoms with van der Waals surface area (Å²) >= 11 is 12.9. The molecule has 0 aromatic heterocycles. The highest BCUT2D eigenvalue weighted by molar-refractivity contribution is 6.36. The Bertz CT molecular complexity index is 1090. The van der Waals surface area contributed by atoms with E-state index in [2.05, 4.69) is 5.32 Å². The largest absolute Gasteiger partial charge is 0.484 e. The molecule has 7 heteroatoms. The van der Waals surface area contributed by atoms with Crippen LogP contribution in [-0.4, -0.2) is 35.4 Å². The van der Waals surface area contributed by atoms with Gasteiger partial charge in [0.25, 0.3) is 5.91 Å². The molecule has 184 valence electrons. The van der Waals surface area contributed by atoms with Gasteiger partial charge in [-0.25, -0.2) is 0 Å². The van der Waals surface area contributed by atoms with Crippen molar-refractivity contribution in [2.24, 2.45) is 0 Å². The molecule has 0 aliphatic rings. The van der Waals surface area contributed by atoms with Crippen molar-refractivity contribution in [3.63, 3.8) is 0 Å². The molecular weight excluding hydrogens is 483 g/mol. The Labute approximate surface area is 217 Å². The number of nitrogens with zero attached hydrogens (tertiary/aromatic N) is 1. The van der Waals surface area contributed by atoms with Crippen LogP contribution in [0.3, 0.4) is 0 Å². The molecule has 3 rings (SSSR count). The molecule has 0 saturated carbocycles. The van der Waals surface area contributed by atoms with Gasteiger partial charge in [-0.1, -0.05) is 84.7 Å². The lowest BCUT2D eigenvalue weighted by Gasteiger charge is -2.32. The van der Waals surface area contributed by atoms with Gasteiger partial charge in [-0.3, -0.25) is 9.59 Å². The summed E-state index contributed by atoms with van der Waals surface area (Å²) in [5.74, 6) is -0.00949. The van der Waals surface area contributed by atoms with Gasteiger partial charge in [0.05, 0.1) is 0 Å². The van der Waals surface area contributed by atoms with Crippen LogP contribution < -0.4 is 10.1 Å². The highest BCUT2D eigenvalue weighted by Gasteiger charge is 2.32. The van der Waals surface area contributed by atoms with Crippen molar-refractivity contribution in [3.8, 4) is 5.75 Å². The number of nitrogens with one attached hydrogen (secondary N) is 1. The first-order valence-electron chi connectivity index (χ1n) is 11.6. The van der Waals surface area contributed by atoms with Gasteiger partial charge in [0.2, 0.25) is 5.91 Å². The molecule has 0 bridgehead atoms. The van der Waals surface area contributed by atoms with E-state index in [9.17, 15) is 9.59 Å². The van der Waals surface area contributed by atoms with E-state index < -0.39 is 6.04 Å². The summed E-state index contributed by atoms with van der Waals surface area (Å²) in [7, 11) is 0. The fourth-order valence-corrected chi connectivity index (χ4v) is 4.11. The molecule has 0 aliphatic heterocycles. The first-order valence-corrected chi connectivity index (χ1v) is 12.4. The Morgan fingerprint density at radius 1 is 0.914 bits per heavy atom. The SMILES string of the molecule is CC[C@H](C)NC(=O)[C@@H](Cc1ccccc1)N(Cc1c(Cl)cccc1Cl)C(=O)COc1ccccc1. The second-order valence-electron chi connectivity index (χ2n) is 8.35. The van der Waals surface area contributed by atoms with Crippen LogP contribution in [-0.2, 0) is 22.6 Å². The summed E-state index contributed by atoms with van der Waals surface area (Å²) in [6.45, 7) is 3.78. The molecule has 2 atom stereocenters. The van der Waals surface area contributed by atoms with Gasteiger partial charge in [0, 0.05) is 34.6 Å². The van der Waals surface area contributed by atoms with Gasteiger partial charge in [0.15, 0.2) is 6.61 Å². The predicted octanol–water partition coefficient (Wildman–Crippen LogP) is 5.93. The van der Waals surface area contributed by atoms with Gasteiger partial charge in [0.1, 0.15) is 11.8 Å². The van der Waals surface area contributed by atoms with Gasteiger partial charge in [-0.15, -0.1) is 0 Å². The molecule has 35 heavy (non-hydrogen) atoms. The predicted molar refractivity (Wildman–Crippen MR) is 141 cm³/mol. The molecule has 0 saturated heterocycles. The maximum atomic E-state index is 13.6. The number of rotatable bonds is 11. The zero-order valence-electron chi connectivity index (χ0n) is 19.9. The number of amides is 2. The third-order valence-electron chi connectivity index (χ3n) is 5.77. The molecule has 1 N–H and O–H groups in total. The van der Waals surface area contributed by atoms with Crippen LogP contribution in [0.4, 0.5) is 0 Å². The molecule has 0 fully saturated rings. The first-order chi connectivity index (χ1) is 16.9. The number of hydrogen-bond acceptors (Lipinski definition) is 3. The van der Waals surface area contributed by atoms with Crippen molar-refractivity contribution in [1.82, 2.24) is 10.2 Å². The van der Waals surface area contributed by atoms with Crippen molar-refractivity contribution in [1.29, 1.82) is 0 Å². The van der Waals surface area contributed by atoms with Gasteiger partial charge in [-0.05, 0) is 43.2 Å². The summed E-state index contributed by atoms with van der Waals surface area (Å²) in [5.41, 5.74) is 1.52. The normalized spacial score (nSPS) is 12.5. The van der Waals surface area contributed by atoms with E-state index in [0.29, 0.717) is 27.8 Å². The van der Waals surface area contributed by atoms with Crippen LogP contribution in [0.2, 0.25) is 10.0 Å². The average molecular weight is 513 g/mol.